The van der Waals surface area contributed by atoms with Crippen LogP contribution in [0.25, 0.3) is 0 Å². The molecular weight excluding hydrogens is 203 g/mol. The van der Waals surface area contributed by atoms with Gasteiger partial charge >= 0.3 is 0 Å². The van der Waals surface area contributed by atoms with E-state index in [1.807, 2.05) is 6.07 Å². The lowest BCUT2D eigenvalue weighted by molar-refractivity contribution is 0.392. The Balaban J connectivity index is 2.40. The van der Waals surface area contributed by atoms with Crippen molar-refractivity contribution in [2.24, 2.45) is 11.8 Å². The molecule has 0 saturated heterocycles. The second-order valence-corrected chi connectivity index (χ2v) is 4.71. The fourth-order valence-corrected chi connectivity index (χ4v) is 1.36. The van der Waals surface area contributed by atoms with Crippen LogP contribution >= 0.6 is 0 Å². The van der Waals surface area contributed by atoms with Crippen LogP contribution in [0.3, 0.4) is 0 Å². The van der Waals surface area contributed by atoms with E-state index in [-0.39, 0.29) is 11.5 Å². The normalized spacial score (nSPS) is 13.1. The molecule has 0 aromatic heterocycles. The van der Waals surface area contributed by atoms with Crippen molar-refractivity contribution in [1.29, 1.82) is 0 Å². The minimum Gasteiger partial charge on any atom is -0.396 e. The van der Waals surface area contributed by atoms with E-state index in [0.717, 1.165) is 12.1 Å². The molecule has 1 unspecified atom stereocenters. The summed E-state index contributed by atoms with van der Waals surface area (Å²) >= 11 is 0. The van der Waals surface area contributed by atoms with Crippen LogP contribution in [0.4, 0.5) is 10.1 Å². The fourth-order valence-electron chi connectivity index (χ4n) is 1.36. The highest BCUT2D eigenvalue weighted by atomic mass is 19.1. The molecule has 3 heteroatoms. The monoisotopic (exact) mass is 224 g/mol. The lowest BCUT2D eigenvalue weighted by Crippen LogP contribution is -2.23. The number of hydrogen-bond donors (Lipinski definition) is 2. The zero-order valence-corrected chi connectivity index (χ0v) is 10.3. The van der Waals surface area contributed by atoms with Gasteiger partial charge in [-0.3, -0.25) is 0 Å². The predicted octanol–water partition coefficient (Wildman–Crippen LogP) is 2.79. The fraction of sp³-hybridized carbons (Fsp3) is 0.538. The largest absolute Gasteiger partial charge is 0.396 e. The van der Waals surface area contributed by atoms with Crippen LogP contribution in [0.5, 0.6) is 0 Å². The van der Waals surface area contributed by atoms with E-state index >= 15 is 0 Å². The third kappa shape index (κ3) is 3.81. The van der Waals surface area contributed by atoms with Crippen LogP contribution in [0.2, 0.25) is 0 Å². The van der Waals surface area contributed by atoms with Gasteiger partial charge in [0.05, 0.1) is 5.69 Å². The molecule has 1 aromatic rings. The van der Waals surface area contributed by atoms with Crippen molar-refractivity contribution in [3.8, 4) is 0 Å². The molecule has 1 rings (SSSR count). The van der Waals surface area contributed by atoms with E-state index in [4.69, 9.17) is 5.73 Å². The number of rotatable bonds is 5. The molecule has 0 spiro atoms. The second kappa shape index (κ2) is 5.85. The minimum absolute atomic E-state index is 0.208. The van der Waals surface area contributed by atoms with Crippen LogP contribution in [-0.2, 0) is 6.54 Å². The summed E-state index contributed by atoms with van der Waals surface area (Å²) in [5, 5.41) is 3.32. The Morgan fingerprint density at radius 1 is 1.31 bits per heavy atom. The van der Waals surface area contributed by atoms with Gasteiger partial charge in [-0.2, -0.15) is 0 Å². The van der Waals surface area contributed by atoms with E-state index in [1.165, 1.54) is 6.07 Å². The van der Waals surface area contributed by atoms with Crippen LogP contribution in [0.1, 0.15) is 26.3 Å². The summed E-state index contributed by atoms with van der Waals surface area (Å²) in [5.41, 5.74) is 6.55. The smallest absolute Gasteiger partial charge is 0.146 e. The number of nitrogens with two attached hydrogens (primary N) is 1. The molecule has 0 fully saturated rings. The quantitative estimate of drug-likeness (QED) is 0.755. The summed E-state index contributed by atoms with van der Waals surface area (Å²) in [6, 6.07) is 4.95. The van der Waals surface area contributed by atoms with Crippen molar-refractivity contribution in [2.75, 3.05) is 12.3 Å². The van der Waals surface area contributed by atoms with Crippen LogP contribution in [0.15, 0.2) is 18.2 Å². The molecule has 1 atom stereocenters. The van der Waals surface area contributed by atoms with E-state index in [1.54, 1.807) is 6.07 Å². The number of halogens is 1. The van der Waals surface area contributed by atoms with Gasteiger partial charge in [-0.15, -0.1) is 0 Å². The zero-order chi connectivity index (χ0) is 12.1. The Bertz CT molecular complexity index is 337. The first kappa shape index (κ1) is 13.0. The maximum atomic E-state index is 13.1. The van der Waals surface area contributed by atoms with E-state index in [2.05, 4.69) is 26.1 Å². The Hall–Kier alpha value is -1.09. The lowest BCUT2D eigenvalue weighted by atomic mass is 9.98. The summed E-state index contributed by atoms with van der Waals surface area (Å²) < 4.78 is 13.1. The molecule has 16 heavy (non-hydrogen) atoms. The average molecular weight is 224 g/mol. The highest BCUT2D eigenvalue weighted by Gasteiger charge is 2.06. The summed E-state index contributed by atoms with van der Waals surface area (Å²) in [5.74, 6) is 0.950. The molecule has 0 bridgehead atoms. The first-order chi connectivity index (χ1) is 7.50. The Labute approximate surface area is 97.0 Å². The molecule has 0 radical (unpaired) electrons. The van der Waals surface area contributed by atoms with Gasteiger partial charge in [0.2, 0.25) is 0 Å². The number of anilines is 1. The number of hydrogen-bond acceptors (Lipinski definition) is 2. The van der Waals surface area contributed by atoms with E-state index in [0.29, 0.717) is 18.4 Å². The summed E-state index contributed by atoms with van der Waals surface area (Å²) in [6.07, 6.45) is 0. The van der Waals surface area contributed by atoms with E-state index < -0.39 is 0 Å². The topological polar surface area (TPSA) is 38.0 Å². The van der Waals surface area contributed by atoms with Gasteiger partial charge < -0.3 is 11.1 Å². The first-order valence-corrected chi connectivity index (χ1v) is 5.75. The van der Waals surface area contributed by atoms with Crippen molar-refractivity contribution < 1.29 is 4.39 Å². The SMILES string of the molecule is CC(C)C(C)CNCc1ccc(N)c(F)c1. The van der Waals surface area contributed by atoms with Crippen molar-refractivity contribution in [3.05, 3.63) is 29.6 Å². The Morgan fingerprint density at radius 2 is 2.00 bits per heavy atom. The van der Waals surface area contributed by atoms with Gasteiger partial charge in [-0.05, 0) is 36.1 Å². The first-order valence-electron chi connectivity index (χ1n) is 5.75. The van der Waals surface area contributed by atoms with Crippen LogP contribution < -0.4 is 11.1 Å². The Kier molecular flexibility index (Phi) is 4.74. The third-order valence-corrected chi connectivity index (χ3v) is 3.00. The molecule has 0 aliphatic heterocycles. The number of nitrogens with one attached hydrogen (secondary N) is 1. The van der Waals surface area contributed by atoms with Crippen molar-refractivity contribution in [2.45, 2.75) is 27.3 Å². The molecule has 90 valence electrons. The van der Waals surface area contributed by atoms with E-state index in [9.17, 15) is 4.39 Å². The van der Waals surface area contributed by atoms with Gasteiger partial charge in [-0.1, -0.05) is 26.8 Å². The molecule has 3 N–H and O–H groups in total. The van der Waals surface area contributed by atoms with Gasteiger partial charge in [0.1, 0.15) is 5.82 Å². The second-order valence-electron chi connectivity index (χ2n) is 4.71. The highest BCUT2D eigenvalue weighted by Crippen LogP contribution is 2.12. The summed E-state index contributed by atoms with van der Waals surface area (Å²) in [4.78, 5) is 0. The third-order valence-electron chi connectivity index (χ3n) is 3.00. The van der Waals surface area contributed by atoms with Gasteiger partial charge in [0.15, 0.2) is 0 Å². The molecule has 1 aromatic carbocycles. The summed E-state index contributed by atoms with van der Waals surface area (Å²) in [7, 11) is 0. The van der Waals surface area contributed by atoms with Crippen LogP contribution in [0, 0.1) is 17.7 Å². The number of benzene rings is 1. The molecular formula is C13H21FN2. The molecule has 0 heterocycles. The maximum absolute atomic E-state index is 13.1. The lowest BCUT2D eigenvalue weighted by Gasteiger charge is -2.16. The predicted molar refractivity (Wildman–Crippen MR) is 66.5 cm³/mol. The molecule has 2 nitrogen and oxygen atoms in total. The Morgan fingerprint density at radius 3 is 2.56 bits per heavy atom. The summed E-state index contributed by atoms with van der Waals surface area (Å²) in [6.45, 7) is 8.25. The molecule has 0 saturated carbocycles. The average Bonchev–Trinajstić information content (AvgIpc) is 2.23. The van der Waals surface area contributed by atoms with Gasteiger partial charge in [-0.25, -0.2) is 4.39 Å². The number of nitrogen functional groups attached to an aromatic ring is 1. The van der Waals surface area contributed by atoms with Gasteiger partial charge in [0.25, 0.3) is 0 Å². The standard InChI is InChI=1S/C13H21FN2/c1-9(2)10(3)7-16-8-11-4-5-13(15)12(14)6-11/h4-6,9-10,16H,7-8,15H2,1-3H3. The minimum atomic E-state index is -0.337. The van der Waals surface area contributed by atoms with Gasteiger partial charge in [0, 0.05) is 6.54 Å². The maximum Gasteiger partial charge on any atom is 0.146 e. The molecule has 0 amide bonds. The van der Waals surface area contributed by atoms with Crippen molar-refractivity contribution in [1.82, 2.24) is 5.32 Å². The highest BCUT2D eigenvalue weighted by molar-refractivity contribution is 5.41. The van der Waals surface area contributed by atoms with Crippen molar-refractivity contribution in [3.63, 3.8) is 0 Å². The zero-order valence-electron chi connectivity index (χ0n) is 10.3. The van der Waals surface area contributed by atoms with Crippen molar-refractivity contribution >= 4 is 5.69 Å². The molecule has 0 aliphatic carbocycles. The van der Waals surface area contributed by atoms with Crippen LogP contribution in [-0.4, -0.2) is 6.54 Å². The molecule has 0 aliphatic rings.